The normalized spacial score (nSPS) is 23.5. The van der Waals surface area contributed by atoms with Crippen LogP contribution in [0, 0.1) is 0 Å². The fourth-order valence-electron chi connectivity index (χ4n) is 5.68. The molecule has 0 unspecified atom stereocenters. The third-order valence-electron chi connectivity index (χ3n) is 7.53. The van der Waals surface area contributed by atoms with Crippen LogP contribution in [0.25, 0.3) is 11.3 Å². The molecular formula is C29H37ClN4O4. The van der Waals surface area contributed by atoms with E-state index in [1.807, 2.05) is 70.1 Å². The first-order valence-electron chi connectivity index (χ1n) is 13.1. The number of carbonyl (C=O) groups excluding carboxylic acids is 1. The molecule has 8 nitrogen and oxygen atoms in total. The van der Waals surface area contributed by atoms with Crippen LogP contribution in [-0.2, 0) is 4.74 Å². The van der Waals surface area contributed by atoms with Crippen LogP contribution in [0.4, 0.5) is 0 Å². The SMILES string of the molecule is COC[C@]1(O)CCCC[C@H]1n1cnc(C(=O)N2CCNC[C@H]2COc2ccccc2)c1-c1ccccc1.Cl. The lowest BCUT2D eigenvalue weighted by Crippen LogP contribution is -2.56. The predicted molar refractivity (Wildman–Crippen MR) is 149 cm³/mol. The number of imidazole rings is 1. The van der Waals surface area contributed by atoms with E-state index in [9.17, 15) is 9.90 Å². The van der Waals surface area contributed by atoms with Gasteiger partial charge in [-0.3, -0.25) is 4.79 Å². The molecule has 0 bridgehead atoms. The van der Waals surface area contributed by atoms with Gasteiger partial charge in [0, 0.05) is 32.3 Å². The number of hydrogen-bond acceptors (Lipinski definition) is 6. The summed E-state index contributed by atoms with van der Waals surface area (Å²) in [6.07, 6.45) is 5.12. The highest BCUT2D eigenvalue weighted by Gasteiger charge is 2.42. The molecule has 5 rings (SSSR count). The van der Waals surface area contributed by atoms with Crippen molar-refractivity contribution in [1.82, 2.24) is 19.8 Å². The van der Waals surface area contributed by atoms with E-state index in [0.717, 1.165) is 36.3 Å². The molecule has 3 atom stereocenters. The van der Waals surface area contributed by atoms with Crippen molar-refractivity contribution in [2.45, 2.75) is 43.4 Å². The summed E-state index contributed by atoms with van der Waals surface area (Å²) in [6.45, 7) is 2.56. The minimum atomic E-state index is -1.02. The van der Waals surface area contributed by atoms with Gasteiger partial charge in [0.2, 0.25) is 0 Å². The van der Waals surface area contributed by atoms with E-state index in [-0.39, 0.29) is 37.0 Å². The third-order valence-corrected chi connectivity index (χ3v) is 7.53. The second kappa shape index (κ2) is 12.8. The van der Waals surface area contributed by atoms with Gasteiger partial charge in [0.1, 0.15) is 18.0 Å². The number of carbonyl (C=O) groups is 1. The van der Waals surface area contributed by atoms with Crippen LogP contribution in [0.15, 0.2) is 67.0 Å². The van der Waals surface area contributed by atoms with Gasteiger partial charge in [-0.05, 0) is 25.0 Å². The first-order valence-corrected chi connectivity index (χ1v) is 13.1. The molecule has 2 heterocycles. The second-order valence-corrected chi connectivity index (χ2v) is 9.99. The molecule has 2 aliphatic rings. The van der Waals surface area contributed by atoms with Crippen molar-refractivity contribution in [2.24, 2.45) is 0 Å². The third kappa shape index (κ3) is 5.89. The monoisotopic (exact) mass is 540 g/mol. The van der Waals surface area contributed by atoms with E-state index in [0.29, 0.717) is 38.4 Å². The Hall–Kier alpha value is -2.91. The molecule has 2 N–H and O–H groups in total. The molecule has 1 aliphatic heterocycles. The van der Waals surface area contributed by atoms with Crippen molar-refractivity contribution < 1.29 is 19.4 Å². The number of aliphatic hydroxyl groups is 1. The Morgan fingerprint density at radius 2 is 1.87 bits per heavy atom. The molecule has 1 saturated carbocycles. The Labute approximate surface area is 230 Å². The topological polar surface area (TPSA) is 88.8 Å². The lowest BCUT2D eigenvalue weighted by molar-refractivity contribution is -0.0893. The maximum absolute atomic E-state index is 14.1. The van der Waals surface area contributed by atoms with Crippen molar-refractivity contribution >= 4 is 18.3 Å². The molecule has 1 saturated heterocycles. The van der Waals surface area contributed by atoms with Crippen LogP contribution >= 0.6 is 12.4 Å². The summed E-state index contributed by atoms with van der Waals surface area (Å²) in [4.78, 5) is 20.6. The summed E-state index contributed by atoms with van der Waals surface area (Å²) in [6, 6.07) is 19.2. The number of nitrogens with zero attached hydrogens (tertiary/aromatic N) is 3. The van der Waals surface area contributed by atoms with Gasteiger partial charge in [-0.2, -0.15) is 0 Å². The minimum Gasteiger partial charge on any atom is -0.491 e. The summed E-state index contributed by atoms with van der Waals surface area (Å²) in [7, 11) is 1.62. The average molecular weight is 541 g/mol. The smallest absolute Gasteiger partial charge is 0.275 e. The number of methoxy groups -OCH3 is 1. The maximum atomic E-state index is 14.1. The summed E-state index contributed by atoms with van der Waals surface area (Å²) in [5.41, 5.74) is 1.04. The van der Waals surface area contributed by atoms with Gasteiger partial charge in [-0.25, -0.2) is 4.98 Å². The predicted octanol–water partition coefficient (Wildman–Crippen LogP) is 3.96. The molecule has 204 valence electrons. The number of halogens is 1. The Bertz CT molecular complexity index is 1170. The Morgan fingerprint density at radius 1 is 1.13 bits per heavy atom. The summed E-state index contributed by atoms with van der Waals surface area (Å²) in [5, 5.41) is 15.0. The molecule has 2 aromatic carbocycles. The van der Waals surface area contributed by atoms with Crippen LogP contribution < -0.4 is 10.1 Å². The van der Waals surface area contributed by atoms with Crippen molar-refractivity contribution in [3.8, 4) is 17.0 Å². The van der Waals surface area contributed by atoms with Crippen LogP contribution in [0.1, 0.15) is 42.2 Å². The van der Waals surface area contributed by atoms with E-state index in [1.165, 1.54) is 0 Å². The summed E-state index contributed by atoms with van der Waals surface area (Å²) >= 11 is 0. The highest BCUT2D eigenvalue weighted by atomic mass is 35.5. The number of benzene rings is 2. The van der Waals surface area contributed by atoms with Crippen molar-refractivity contribution in [3.05, 3.63) is 72.7 Å². The first kappa shape index (κ1) is 28.1. The minimum absolute atomic E-state index is 0. The number of amides is 1. The van der Waals surface area contributed by atoms with Gasteiger partial charge in [0.15, 0.2) is 5.69 Å². The van der Waals surface area contributed by atoms with Crippen LogP contribution in [0.5, 0.6) is 5.75 Å². The number of ether oxygens (including phenoxy) is 2. The highest BCUT2D eigenvalue weighted by molar-refractivity contribution is 5.98. The standard InChI is InChI=1S/C29H36N4O4.ClH/c1-36-20-29(35)15-9-8-14-25(29)33-21-31-26(27(33)22-10-4-2-5-11-22)28(34)32-17-16-30-18-23(32)19-37-24-12-6-3-7-13-24;/h2-7,10-13,21,23,25,30,35H,8-9,14-20H2,1H3;1H/t23-,25+,29+;/m0./s1. The number of piperazine rings is 1. The Morgan fingerprint density at radius 3 is 2.61 bits per heavy atom. The molecule has 38 heavy (non-hydrogen) atoms. The number of para-hydroxylation sites is 1. The quantitative estimate of drug-likeness (QED) is 0.450. The zero-order valence-corrected chi connectivity index (χ0v) is 22.6. The fraction of sp³-hybridized carbons (Fsp3) is 0.448. The van der Waals surface area contributed by atoms with E-state index in [1.54, 1.807) is 13.4 Å². The molecule has 1 aliphatic carbocycles. The molecule has 1 aromatic heterocycles. The van der Waals surface area contributed by atoms with Gasteiger partial charge in [-0.15, -0.1) is 12.4 Å². The molecule has 1 amide bonds. The van der Waals surface area contributed by atoms with Gasteiger partial charge >= 0.3 is 0 Å². The molecular weight excluding hydrogens is 504 g/mol. The average Bonchev–Trinajstić information content (AvgIpc) is 3.38. The zero-order chi connectivity index (χ0) is 25.7. The Balaban J connectivity index is 0.00000336. The summed E-state index contributed by atoms with van der Waals surface area (Å²) < 4.78 is 13.5. The van der Waals surface area contributed by atoms with Crippen LogP contribution in [-0.4, -0.2) is 77.1 Å². The Kier molecular flexibility index (Phi) is 9.44. The van der Waals surface area contributed by atoms with Crippen molar-refractivity contribution in [3.63, 3.8) is 0 Å². The van der Waals surface area contributed by atoms with E-state index >= 15 is 0 Å². The summed E-state index contributed by atoms with van der Waals surface area (Å²) in [5.74, 6) is 0.663. The van der Waals surface area contributed by atoms with Gasteiger partial charge in [0.25, 0.3) is 5.91 Å². The largest absolute Gasteiger partial charge is 0.491 e. The van der Waals surface area contributed by atoms with E-state index in [2.05, 4.69) is 10.3 Å². The molecule has 2 fully saturated rings. The number of nitrogens with one attached hydrogen (secondary N) is 1. The first-order chi connectivity index (χ1) is 18.1. The van der Waals surface area contributed by atoms with Crippen molar-refractivity contribution in [1.29, 1.82) is 0 Å². The lowest BCUT2D eigenvalue weighted by atomic mass is 9.80. The molecule has 0 radical (unpaired) electrons. The molecule has 0 spiro atoms. The zero-order valence-electron chi connectivity index (χ0n) is 21.8. The molecule has 3 aromatic rings. The van der Waals surface area contributed by atoms with Gasteiger partial charge in [-0.1, -0.05) is 61.4 Å². The number of rotatable bonds is 8. The fourth-order valence-corrected chi connectivity index (χ4v) is 5.68. The maximum Gasteiger partial charge on any atom is 0.275 e. The highest BCUT2D eigenvalue weighted by Crippen LogP contribution is 2.41. The van der Waals surface area contributed by atoms with Crippen molar-refractivity contribution in [2.75, 3.05) is 40.0 Å². The van der Waals surface area contributed by atoms with Gasteiger partial charge in [0.05, 0.1) is 30.7 Å². The number of aromatic nitrogens is 2. The second-order valence-electron chi connectivity index (χ2n) is 9.99. The molecule has 9 heteroatoms. The lowest BCUT2D eigenvalue weighted by Gasteiger charge is -2.41. The van der Waals surface area contributed by atoms with Crippen LogP contribution in [0.3, 0.4) is 0 Å². The van der Waals surface area contributed by atoms with Crippen LogP contribution in [0.2, 0.25) is 0 Å². The van der Waals surface area contributed by atoms with Gasteiger partial charge < -0.3 is 29.4 Å². The van der Waals surface area contributed by atoms with E-state index in [4.69, 9.17) is 9.47 Å². The van der Waals surface area contributed by atoms with E-state index < -0.39 is 5.60 Å². The number of hydrogen-bond donors (Lipinski definition) is 2.